The van der Waals surface area contributed by atoms with Gasteiger partial charge in [-0.25, -0.2) is 0 Å². The summed E-state index contributed by atoms with van der Waals surface area (Å²) in [5.74, 6) is 1.63. The van der Waals surface area contributed by atoms with Gasteiger partial charge in [-0.15, -0.1) is 10.2 Å². The van der Waals surface area contributed by atoms with Gasteiger partial charge in [0.2, 0.25) is 0 Å². The van der Waals surface area contributed by atoms with Crippen molar-refractivity contribution in [3.63, 3.8) is 0 Å². The minimum absolute atomic E-state index is 0.0991. The summed E-state index contributed by atoms with van der Waals surface area (Å²) >= 11 is 0. The summed E-state index contributed by atoms with van der Waals surface area (Å²) in [6.07, 6.45) is 1.62. The molecule has 3 aromatic rings. The standard InChI is InChI=1S/C20H20N4O2/c1-15-5-2-3-6-16(15)20(25)24-12-10-23(11-13-24)19-9-8-17(21-22-19)18-7-4-14-26-18/h2-9,14H,10-13H2,1H3. The number of aryl methyl sites for hydroxylation is 1. The molecule has 4 rings (SSSR count). The van der Waals surface area contributed by atoms with Crippen molar-refractivity contribution >= 4 is 11.7 Å². The number of aromatic nitrogens is 2. The fourth-order valence-electron chi connectivity index (χ4n) is 3.17. The van der Waals surface area contributed by atoms with E-state index in [-0.39, 0.29) is 5.91 Å². The monoisotopic (exact) mass is 348 g/mol. The first-order valence-corrected chi connectivity index (χ1v) is 8.70. The van der Waals surface area contributed by atoms with Gasteiger partial charge in [-0.1, -0.05) is 18.2 Å². The van der Waals surface area contributed by atoms with E-state index in [1.807, 2.05) is 60.4 Å². The summed E-state index contributed by atoms with van der Waals surface area (Å²) in [7, 11) is 0. The molecular formula is C20H20N4O2. The zero-order valence-electron chi connectivity index (χ0n) is 14.6. The van der Waals surface area contributed by atoms with Crippen LogP contribution in [0.1, 0.15) is 15.9 Å². The molecule has 3 heterocycles. The second-order valence-electron chi connectivity index (χ2n) is 6.35. The van der Waals surface area contributed by atoms with Gasteiger partial charge in [0.05, 0.1) is 6.26 Å². The van der Waals surface area contributed by atoms with Gasteiger partial charge in [0.25, 0.3) is 5.91 Å². The lowest BCUT2D eigenvalue weighted by Gasteiger charge is -2.35. The molecule has 0 N–H and O–H groups in total. The number of nitrogens with zero attached hydrogens (tertiary/aromatic N) is 4. The molecule has 0 unspecified atom stereocenters. The molecule has 0 radical (unpaired) electrons. The van der Waals surface area contributed by atoms with Gasteiger partial charge in [-0.3, -0.25) is 4.79 Å². The number of hydrogen-bond donors (Lipinski definition) is 0. The maximum Gasteiger partial charge on any atom is 0.254 e. The number of hydrogen-bond acceptors (Lipinski definition) is 5. The third-order valence-electron chi connectivity index (χ3n) is 4.69. The second kappa shape index (κ2) is 7.00. The summed E-state index contributed by atoms with van der Waals surface area (Å²) < 4.78 is 5.34. The Labute approximate surface area is 152 Å². The highest BCUT2D eigenvalue weighted by atomic mass is 16.3. The Hall–Kier alpha value is -3.15. The van der Waals surface area contributed by atoms with E-state index in [1.165, 1.54) is 0 Å². The molecule has 1 amide bonds. The van der Waals surface area contributed by atoms with Gasteiger partial charge in [-0.05, 0) is 42.8 Å². The SMILES string of the molecule is Cc1ccccc1C(=O)N1CCN(c2ccc(-c3ccco3)nn2)CC1. The molecule has 1 aromatic carbocycles. The van der Waals surface area contributed by atoms with Crippen molar-refractivity contribution in [2.45, 2.75) is 6.92 Å². The van der Waals surface area contributed by atoms with Crippen LogP contribution in [0.4, 0.5) is 5.82 Å². The molecule has 2 aromatic heterocycles. The average Bonchev–Trinajstić information content (AvgIpc) is 3.23. The lowest BCUT2D eigenvalue weighted by Crippen LogP contribution is -2.49. The van der Waals surface area contributed by atoms with Gasteiger partial charge < -0.3 is 14.2 Å². The molecule has 1 aliphatic heterocycles. The molecule has 1 saturated heterocycles. The van der Waals surface area contributed by atoms with E-state index in [9.17, 15) is 4.79 Å². The zero-order valence-corrected chi connectivity index (χ0v) is 14.6. The molecule has 1 fully saturated rings. The highest BCUT2D eigenvalue weighted by Gasteiger charge is 2.23. The fraction of sp³-hybridized carbons (Fsp3) is 0.250. The van der Waals surface area contributed by atoms with Crippen LogP contribution < -0.4 is 4.90 Å². The number of benzene rings is 1. The van der Waals surface area contributed by atoms with Crippen LogP contribution in [0, 0.1) is 6.92 Å². The number of piperazine rings is 1. The van der Waals surface area contributed by atoms with Crippen LogP contribution in [0.5, 0.6) is 0 Å². The largest absolute Gasteiger partial charge is 0.463 e. The molecule has 132 valence electrons. The first kappa shape index (κ1) is 16.3. The summed E-state index contributed by atoms with van der Waals surface area (Å²) in [6, 6.07) is 15.3. The Morgan fingerprint density at radius 2 is 1.77 bits per heavy atom. The van der Waals surface area contributed by atoms with Crippen molar-refractivity contribution in [2.24, 2.45) is 0 Å². The van der Waals surface area contributed by atoms with E-state index >= 15 is 0 Å². The van der Waals surface area contributed by atoms with Crippen LogP contribution in [-0.2, 0) is 0 Å². The Balaban J connectivity index is 1.40. The van der Waals surface area contributed by atoms with Gasteiger partial charge in [0.15, 0.2) is 11.6 Å². The van der Waals surface area contributed by atoms with E-state index in [0.29, 0.717) is 24.5 Å². The van der Waals surface area contributed by atoms with Crippen molar-refractivity contribution in [1.29, 1.82) is 0 Å². The zero-order chi connectivity index (χ0) is 17.9. The van der Waals surface area contributed by atoms with Gasteiger partial charge >= 0.3 is 0 Å². The quantitative estimate of drug-likeness (QED) is 0.728. The number of anilines is 1. The van der Waals surface area contributed by atoms with Crippen LogP contribution >= 0.6 is 0 Å². The van der Waals surface area contributed by atoms with Gasteiger partial charge in [-0.2, -0.15) is 0 Å². The van der Waals surface area contributed by atoms with Crippen molar-refractivity contribution in [2.75, 3.05) is 31.1 Å². The van der Waals surface area contributed by atoms with Crippen LogP contribution in [0.15, 0.2) is 59.2 Å². The summed E-state index contributed by atoms with van der Waals surface area (Å²) in [6.45, 7) is 4.81. The highest BCUT2D eigenvalue weighted by Crippen LogP contribution is 2.20. The molecule has 6 nitrogen and oxygen atoms in total. The summed E-state index contributed by atoms with van der Waals surface area (Å²) in [5.41, 5.74) is 2.51. The average molecular weight is 348 g/mol. The molecule has 6 heteroatoms. The van der Waals surface area contributed by atoms with E-state index in [2.05, 4.69) is 15.1 Å². The Kier molecular flexibility index (Phi) is 4.39. The molecule has 0 spiro atoms. The molecule has 1 aliphatic rings. The number of rotatable bonds is 3. The second-order valence-corrected chi connectivity index (χ2v) is 6.35. The number of amides is 1. The van der Waals surface area contributed by atoms with Crippen LogP contribution in [0.2, 0.25) is 0 Å². The smallest absolute Gasteiger partial charge is 0.254 e. The predicted octanol–water partition coefficient (Wildman–Crippen LogP) is 3.01. The van der Waals surface area contributed by atoms with Crippen LogP contribution in [0.25, 0.3) is 11.5 Å². The lowest BCUT2D eigenvalue weighted by molar-refractivity contribution is 0.0745. The Bertz CT molecular complexity index is 882. The van der Waals surface area contributed by atoms with E-state index in [1.54, 1.807) is 6.26 Å². The van der Waals surface area contributed by atoms with Crippen molar-refractivity contribution in [3.8, 4) is 11.5 Å². The van der Waals surface area contributed by atoms with E-state index in [4.69, 9.17) is 4.42 Å². The van der Waals surface area contributed by atoms with E-state index < -0.39 is 0 Å². The van der Waals surface area contributed by atoms with Crippen LogP contribution in [0.3, 0.4) is 0 Å². The molecular weight excluding hydrogens is 328 g/mol. The maximum atomic E-state index is 12.7. The third kappa shape index (κ3) is 3.18. The van der Waals surface area contributed by atoms with Crippen molar-refractivity contribution in [3.05, 3.63) is 65.9 Å². The first-order valence-electron chi connectivity index (χ1n) is 8.70. The predicted molar refractivity (Wildman–Crippen MR) is 99.0 cm³/mol. The third-order valence-corrected chi connectivity index (χ3v) is 4.69. The first-order chi connectivity index (χ1) is 12.7. The highest BCUT2D eigenvalue weighted by molar-refractivity contribution is 5.95. The molecule has 0 saturated carbocycles. The molecule has 0 atom stereocenters. The Morgan fingerprint density at radius 1 is 0.962 bits per heavy atom. The number of carbonyl (C=O) groups excluding carboxylic acids is 1. The minimum Gasteiger partial charge on any atom is -0.463 e. The molecule has 26 heavy (non-hydrogen) atoms. The minimum atomic E-state index is 0.0991. The summed E-state index contributed by atoms with van der Waals surface area (Å²) in [5, 5.41) is 8.56. The number of carbonyl (C=O) groups is 1. The lowest BCUT2D eigenvalue weighted by atomic mass is 10.1. The van der Waals surface area contributed by atoms with Crippen LogP contribution in [-0.4, -0.2) is 47.2 Å². The van der Waals surface area contributed by atoms with Crippen molar-refractivity contribution < 1.29 is 9.21 Å². The number of furan rings is 1. The normalized spacial score (nSPS) is 14.5. The van der Waals surface area contributed by atoms with E-state index in [0.717, 1.165) is 30.0 Å². The van der Waals surface area contributed by atoms with Crippen molar-refractivity contribution in [1.82, 2.24) is 15.1 Å². The summed E-state index contributed by atoms with van der Waals surface area (Å²) in [4.78, 5) is 16.8. The molecule has 0 aliphatic carbocycles. The fourth-order valence-corrected chi connectivity index (χ4v) is 3.17. The Morgan fingerprint density at radius 3 is 2.42 bits per heavy atom. The molecule has 0 bridgehead atoms. The maximum absolute atomic E-state index is 12.7. The van der Waals surface area contributed by atoms with Gasteiger partial charge in [0.1, 0.15) is 5.69 Å². The van der Waals surface area contributed by atoms with Gasteiger partial charge in [0, 0.05) is 31.7 Å². The topological polar surface area (TPSA) is 62.5 Å².